The van der Waals surface area contributed by atoms with Gasteiger partial charge in [-0.25, -0.2) is 5.43 Å². The molecule has 1 amide bonds. The minimum Gasteiger partial charge on any atom is -0.497 e. The largest absolute Gasteiger partial charge is 0.497 e. The number of aryl methyl sites for hydroxylation is 3. The number of hydrogen-bond donors (Lipinski definition) is 1. The van der Waals surface area contributed by atoms with Gasteiger partial charge in [0.1, 0.15) is 11.5 Å². The summed E-state index contributed by atoms with van der Waals surface area (Å²) in [5.41, 5.74) is 7.45. The Hall–Kier alpha value is -2.82. The topological polar surface area (TPSA) is 59.9 Å². The molecule has 2 rings (SSSR count). The average Bonchev–Trinajstić information content (AvgIpc) is 2.58. The number of rotatable bonds is 5. The number of carbonyl (C=O) groups is 1. The van der Waals surface area contributed by atoms with Crippen LogP contribution in [0.1, 0.15) is 32.6 Å². The van der Waals surface area contributed by atoms with Gasteiger partial charge in [-0.15, -0.1) is 0 Å². The lowest BCUT2D eigenvalue weighted by Gasteiger charge is -2.08. The summed E-state index contributed by atoms with van der Waals surface area (Å²) in [6, 6.07) is 9.13. The normalized spacial score (nSPS) is 10.7. The molecule has 0 aliphatic heterocycles. The first-order valence-electron chi connectivity index (χ1n) is 7.59. The number of methoxy groups -OCH3 is 2. The Morgan fingerprint density at radius 1 is 0.917 bits per heavy atom. The Bertz CT molecular complexity index is 760. The van der Waals surface area contributed by atoms with Crippen LogP contribution >= 0.6 is 0 Å². The molecule has 5 heteroatoms. The summed E-state index contributed by atoms with van der Waals surface area (Å²) in [5.74, 6) is 0.770. The van der Waals surface area contributed by atoms with Gasteiger partial charge in [-0.1, -0.05) is 6.07 Å². The maximum atomic E-state index is 12.2. The Kier molecular flexibility index (Phi) is 5.58. The summed E-state index contributed by atoms with van der Waals surface area (Å²) in [6.07, 6.45) is 1.65. The van der Waals surface area contributed by atoms with Crippen LogP contribution < -0.4 is 14.9 Å². The zero-order chi connectivity index (χ0) is 17.7. The van der Waals surface area contributed by atoms with E-state index in [1.807, 2.05) is 13.8 Å². The van der Waals surface area contributed by atoms with Crippen LogP contribution in [0.3, 0.4) is 0 Å². The van der Waals surface area contributed by atoms with Gasteiger partial charge in [0.15, 0.2) is 0 Å². The molecule has 2 aromatic carbocycles. The molecule has 0 unspecified atom stereocenters. The fourth-order valence-corrected chi connectivity index (χ4v) is 2.29. The third-order valence-corrected chi connectivity index (χ3v) is 3.87. The van der Waals surface area contributed by atoms with Gasteiger partial charge in [0.2, 0.25) is 0 Å². The SMILES string of the molecule is COc1cc(OC)cc(C(=O)N/N=C\c2cc(C)c(C)cc2C)c1. The molecule has 126 valence electrons. The van der Waals surface area contributed by atoms with Crippen molar-refractivity contribution >= 4 is 12.1 Å². The van der Waals surface area contributed by atoms with E-state index in [0.29, 0.717) is 17.1 Å². The van der Waals surface area contributed by atoms with E-state index in [1.54, 1.807) is 24.4 Å². The molecular formula is C19H22N2O3. The lowest BCUT2D eigenvalue weighted by atomic mass is 10.0. The van der Waals surface area contributed by atoms with E-state index in [4.69, 9.17) is 9.47 Å². The van der Waals surface area contributed by atoms with Crippen molar-refractivity contribution in [1.82, 2.24) is 5.43 Å². The van der Waals surface area contributed by atoms with Crippen molar-refractivity contribution in [1.29, 1.82) is 0 Å². The molecule has 0 spiro atoms. The monoisotopic (exact) mass is 326 g/mol. The summed E-state index contributed by atoms with van der Waals surface area (Å²) in [6.45, 7) is 6.14. The molecular weight excluding hydrogens is 304 g/mol. The highest BCUT2D eigenvalue weighted by molar-refractivity contribution is 5.95. The van der Waals surface area contributed by atoms with E-state index in [-0.39, 0.29) is 5.91 Å². The minimum absolute atomic E-state index is 0.329. The highest BCUT2D eigenvalue weighted by Crippen LogP contribution is 2.22. The second-order valence-electron chi connectivity index (χ2n) is 5.59. The van der Waals surface area contributed by atoms with E-state index in [2.05, 4.69) is 29.6 Å². The fourth-order valence-electron chi connectivity index (χ4n) is 2.29. The van der Waals surface area contributed by atoms with Gasteiger partial charge in [-0.05, 0) is 61.2 Å². The third-order valence-electron chi connectivity index (χ3n) is 3.87. The highest BCUT2D eigenvalue weighted by Gasteiger charge is 2.09. The summed E-state index contributed by atoms with van der Waals surface area (Å²) in [7, 11) is 3.08. The second kappa shape index (κ2) is 7.64. The Morgan fingerprint density at radius 3 is 2.08 bits per heavy atom. The molecule has 0 radical (unpaired) electrons. The number of ether oxygens (including phenoxy) is 2. The third kappa shape index (κ3) is 4.13. The predicted molar refractivity (Wildman–Crippen MR) is 95.3 cm³/mol. The first kappa shape index (κ1) is 17.5. The van der Waals surface area contributed by atoms with Gasteiger partial charge < -0.3 is 9.47 Å². The summed E-state index contributed by atoms with van der Waals surface area (Å²) in [4.78, 5) is 12.2. The highest BCUT2D eigenvalue weighted by atomic mass is 16.5. The van der Waals surface area contributed by atoms with Crippen LogP contribution in [0.2, 0.25) is 0 Å². The molecule has 0 bridgehead atoms. The summed E-state index contributed by atoms with van der Waals surface area (Å²) < 4.78 is 10.3. The molecule has 0 atom stereocenters. The van der Waals surface area contributed by atoms with Crippen molar-refractivity contribution in [2.45, 2.75) is 20.8 Å². The molecule has 24 heavy (non-hydrogen) atoms. The maximum Gasteiger partial charge on any atom is 0.271 e. The Morgan fingerprint density at radius 2 is 1.50 bits per heavy atom. The standard InChI is InChI=1S/C19H22N2O3/c1-12-6-14(3)16(7-13(12)2)11-20-21-19(22)15-8-17(23-4)10-18(9-15)24-5/h6-11H,1-5H3,(H,21,22)/b20-11-. The van der Waals surface area contributed by atoms with Crippen LogP contribution in [-0.2, 0) is 0 Å². The van der Waals surface area contributed by atoms with E-state index in [0.717, 1.165) is 11.1 Å². The van der Waals surface area contributed by atoms with Gasteiger partial charge >= 0.3 is 0 Å². The smallest absolute Gasteiger partial charge is 0.271 e. The zero-order valence-electron chi connectivity index (χ0n) is 14.6. The summed E-state index contributed by atoms with van der Waals surface area (Å²) in [5, 5.41) is 4.05. The fraction of sp³-hybridized carbons (Fsp3) is 0.263. The maximum absolute atomic E-state index is 12.2. The van der Waals surface area contributed by atoms with Crippen LogP contribution in [0, 0.1) is 20.8 Å². The number of hydrazone groups is 1. The molecule has 2 aromatic rings. The second-order valence-corrected chi connectivity index (χ2v) is 5.59. The lowest BCUT2D eigenvalue weighted by Crippen LogP contribution is -2.17. The number of nitrogens with zero attached hydrogens (tertiary/aromatic N) is 1. The van der Waals surface area contributed by atoms with Crippen molar-refractivity contribution in [3.8, 4) is 11.5 Å². The molecule has 0 aliphatic rings. The van der Waals surface area contributed by atoms with Crippen molar-refractivity contribution in [3.63, 3.8) is 0 Å². The molecule has 5 nitrogen and oxygen atoms in total. The van der Waals surface area contributed by atoms with Crippen LogP contribution in [0.15, 0.2) is 35.4 Å². The van der Waals surface area contributed by atoms with Crippen molar-refractivity contribution in [2.24, 2.45) is 5.10 Å². The minimum atomic E-state index is -0.329. The van der Waals surface area contributed by atoms with E-state index < -0.39 is 0 Å². The van der Waals surface area contributed by atoms with E-state index >= 15 is 0 Å². The van der Waals surface area contributed by atoms with Gasteiger partial charge in [-0.3, -0.25) is 4.79 Å². The van der Waals surface area contributed by atoms with E-state index in [9.17, 15) is 4.79 Å². The van der Waals surface area contributed by atoms with Crippen LogP contribution in [0.4, 0.5) is 0 Å². The lowest BCUT2D eigenvalue weighted by molar-refractivity contribution is 0.0954. The van der Waals surface area contributed by atoms with Gasteiger partial charge in [0.05, 0.1) is 20.4 Å². The average molecular weight is 326 g/mol. The first-order chi connectivity index (χ1) is 11.4. The Labute approximate surface area is 142 Å². The number of hydrogen-bond acceptors (Lipinski definition) is 4. The van der Waals surface area contributed by atoms with E-state index in [1.165, 1.54) is 25.3 Å². The molecule has 0 fully saturated rings. The molecule has 0 heterocycles. The zero-order valence-corrected chi connectivity index (χ0v) is 14.6. The van der Waals surface area contributed by atoms with Gasteiger partial charge in [-0.2, -0.15) is 5.10 Å². The molecule has 0 saturated carbocycles. The molecule has 0 aliphatic carbocycles. The quantitative estimate of drug-likeness (QED) is 0.677. The van der Waals surface area contributed by atoms with Crippen molar-refractivity contribution in [3.05, 3.63) is 58.1 Å². The van der Waals surface area contributed by atoms with Gasteiger partial charge in [0.25, 0.3) is 5.91 Å². The van der Waals surface area contributed by atoms with Crippen molar-refractivity contribution < 1.29 is 14.3 Å². The molecule has 0 saturated heterocycles. The predicted octanol–water partition coefficient (Wildman–Crippen LogP) is 3.39. The first-order valence-corrected chi connectivity index (χ1v) is 7.59. The van der Waals surface area contributed by atoms with Crippen molar-refractivity contribution in [2.75, 3.05) is 14.2 Å². The van der Waals surface area contributed by atoms with Crippen LogP contribution in [0.5, 0.6) is 11.5 Å². The number of nitrogens with one attached hydrogen (secondary N) is 1. The molecule has 0 aromatic heterocycles. The number of benzene rings is 2. The number of carbonyl (C=O) groups excluding carboxylic acids is 1. The van der Waals surface area contributed by atoms with Gasteiger partial charge in [0, 0.05) is 11.6 Å². The molecule has 1 N–H and O–H groups in total. The summed E-state index contributed by atoms with van der Waals surface area (Å²) >= 11 is 0. The van der Waals surface area contributed by atoms with Crippen LogP contribution in [0.25, 0.3) is 0 Å². The number of amides is 1. The Balaban J connectivity index is 2.15. The van der Waals surface area contributed by atoms with Crippen LogP contribution in [-0.4, -0.2) is 26.3 Å².